The van der Waals surface area contributed by atoms with Gasteiger partial charge in [0.2, 0.25) is 0 Å². The van der Waals surface area contributed by atoms with Crippen LogP contribution < -0.4 is 10.2 Å². The highest BCUT2D eigenvalue weighted by Gasteiger charge is 2.33. The molecular weight excluding hydrogens is 212 g/mol. The van der Waals surface area contributed by atoms with Crippen LogP contribution in [-0.4, -0.2) is 35.1 Å². The Kier molecular flexibility index (Phi) is 2.54. The lowest BCUT2D eigenvalue weighted by Crippen LogP contribution is -2.58. The van der Waals surface area contributed by atoms with Gasteiger partial charge in [-0.1, -0.05) is 0 Å². The lowest BCUT2D eigenvalue weighted by molar-refractivity contribution is 0.377. The van der Waals surface area contributed by atoms with E-state index in [2.05, 4.69) is 34.0 Å². The number of hydrogen-bond acceptors (Lipinski definition) is 4. The normalized spacial score (nSPS) is 22.6. The summed E-state index contributed by atoms with van der Waals surface area (Å²) in [5.41, 5.74) is 2.80. The van der Waals surface area contributed by atoms with E-state index in [1.165, 1.54) is 23.5 Å². The van der Waals surface area contributed by atoms with Gasteiger partial charge in [0, 0.05) is 36.4 Å². The third-order valence-electron chi connectivity index (χ3n) is 3.91. The van der Waals surface area contributed by atoms with E-state index in [-0.39, 0.29) is 5.54 Å². The number of aryl methyl sites for hydroxylation is 1. The molecule has 0 bridgehead atoms. The van der Waals surface area contributed by atoms with Crippen molar-refractivity contribution in [2.24, 2.45) is 0 Å². The Morgan fingerprint density at radius 1 is 1.29 bits per heavy atom. The fourth-order valence-electron chi connectivity index (χ4n) is 2.95. The number of piperazine rings is 1. The second kappa shape index (κ2) is 3.95. The van der Waals surface area contributed by atoms with Crippen LogP contribution >= 0.6 is 0 Å². The van der Waals surface area contributed by atoms with Crippen LogP contribution in [0.4, 0.5) is 5.82 Å². The summed E-state index contributed by atoms with van der Waals surface area (Å²) in [6, 6.07) is 0. The van der Waals surface area contributed by atoms with Gasteiger partial charge < -0.3 is 10.2 Å². The summed E-state index contributed by atoms with van der Waals surface area (Å²) in [5, 5.41) is 3.46. The van der Waals surface area contributed by atoms with Crippen LogP contribution in [0.5, 0.6) is 0 Å². The maximum atomic E-state index is 4.56. The smallest absolute Gasteiger partial charge is 0.135 e. The molecule has 0 saturated carbocycles. The number of fused-ring (bicyclic) bond motifs is 1. The molecule has 0 aromatic carbocycles. The highest BCUT2D eigenvalue weighted by molar-refractivity contribution is 5.52. The molecule has 1 saturated heterocycles. The molecule has 4 heteroatoms. The number of nitrogens with one attached hydrogen (secondary N) is 1. The maximum absolute atomic E-state index is 4.56. The van der Waals surface area contributed by atoms with Crippen molar-refractivity contribution < 1.29 is 0 Å². The topological polar surface area (TPSA) is 41.0 Å². The number of nitrogens with zero attached hydrogens (tertiary/aromatic N) is 3. The molecule has 1 aromatic heterocycles. The van der Waals surface area contributed by atoms with Gasteiger partial charge >= 0.3 is 0 Å². The van der Waals surface area contributed by atoms with Gasteiger partial charge in [0.05, 0.1) is 0 Å². The van der Waals surface area contributed by atoms with Crippen molar-refractivity contribution >= 4 is 5.82 Å². The summed E-state index contributed by atoms with van der Waals surface area (Å²) in [6.07, 6.45) is 5.23. The molecule has 17 heavy (non-hydrogen) atoms. The predicted molar refractivity (Wildman–Crippen MR) is 68.4 cm³/mol. The second-order valence-electron chi connectivity index (χ2n) is 5.62. The average molecular weight is 232 g/mol. The molecule has 1 N–H and O–H groups in total. The zero-order valence-corrected chi connectivity index (χ0v) is 10.7. The van der Waals surface area contributed by atoms with Crippen molar-refractivity contribution in [2.45, 2.75) is 38.6 Å². The predicted octanol–water partition coefficient (Wildman–Crippen LogP) is 1.15. The minimum atomic E-state index is 0.142. The van der Waals surface area contributed by atoms with Gasteiger partial charge in [-0.3, -0.25) is 0 Å². The Morgan fingerprint density at radius 3 is 3.00 bits per heavy atom. The Morgan fingerprint density at radius 2 is 2.18 bits per heavy atom. The highest BCUT2D eigenvalue weighted by atomic mass is 15.3. The third-order valence-corrected chi connectivity index (χ3v) is 3.91. The van der Waals surface area contributed by atoms with Crippen molar-refractivity contribution in [1.82, 2.24) is 15.3 Å². The van der Waals surface area contributed by atoms with Gasteiger partial charge in [-0.05, 0) is 33.1 Å². The number of anilines is 1. The number of hydrogen-bond donors (Lipinski definition) is 1. The van der Waals surface area contributed by atoms with Crippen LogP contribution in [0.1, 0.15) is 31.5 Å². The quantitative estimate of drug-likeness (QED) is 0.788. The van der Waals surface area contributed by atoms with E-state index in [4.69, 9.17) is 0 Å². The molecule has 1 aliphatic carbocycles. The van der Waals surface area contributed by atoms with Crippen molar-refractivity contribution in [3.63, 3.8) is 0 Å². The molecule has 2 aliphatic rings. The van der Waals surface area contributed by atoms with Crippen LogP contribution in [0.25, 0.3) is 0 Å². The molecule has 0 unspecified atom stereocenters. The Labute approximate surface area is 102 Å². The number of rotatable bonds is 1. The molecule has 3 rings (SSSR count). The first kappa shape index (κ1) is 11.0. The molecule has 0 atom stereocenters. The van der Waals surface area contributed by atoms with Gasteiger partial charge in [0.25, 0.3) is 0 Å². The summed E-state index contributed by atoms with van der Waals surface area (Å²) < 4.78 is 0. The molecular formula is C13H20N4. The summed E-state index contributed by atoms with van der Waals surface area (Å²) in [4.78, 5) is 11.4. The zero-order chi connectivity index (χ0) is 11.9. The molecule has 0 spiro atoms. The summed E-state index contributed by atoms with van der Waals surface area (Å²) in [6.45, 7) is 7.66. The Balaban J connectivity index is 2.01. The largest absolute Gasteiger partial charge is 0.349 e. The lowest BCUT2D eigenvalue weighted by Gasteiger charge is -2.44. The Hall–Kier alpha value is -1.16. The molecule has 1 aliphatic heterocycles. The first-order chi connectivity index (χ1) is 8.18. The van der Waals surface area contributed by atoms with Gasteiger partial charge in [0.15, 0.2) is 0 Å². The Bertz CT molecular complexity index is 427. The van der Waals surface area contributed by atoms with E-state index < -0.39 is 0 Å². The van der Waals surface area contributed by atoms with Crippen molar-refractivity contribution in [1.29, 1.82) is 0 Å². The van der Waals surface area contributed by atoms with Gasteiger partial charge in [-0.2, -0.15) is 0 Å². The van der Waals surface area contributed by atoms with Crippen molar-refractivity contribution in [2.75, 3.05) is 24.5 Å². The van der Waals surface area contributed by atoms with Crippen LogP contribution in [0.15, 0.2) is 6.33 Å². The van der Waals surface area contributed by atoms with E-state index in [1.807, 2.05) is 0 Å². The summed E-state index contributed by atoms with van der Waals surface area (Å²) in [7, 11) is 0. The third kappa shape index (κ3) is 1.80. The molecule has 1 aromatic rings. The van der Waals surface area contributed by atoms with Crippen LogP contribution in [0.2, 0.25) is 0 Å². The monoisotopic (exact) mass is 232 g/mol. The van der Waals surface area contributed by atoms with E-state index in [1.54, 1.807) is 6.33 Å². The van der Waals surface area contributed by atoms with Crippen LogP contribution in [-0.2, 0) is 12.8 Å². The molecule has 92 valence electrons. The minimum absolute atomic E-state index is 0.142. The molecule has 2 heterocycles. The van der Waals surface area contributed by atoms with Crippen molar-refractivity contribution in [3.8, 4) is 0 Å². The summed E-state index contributed by atoms with van der Waals surface area (Å²) in [5.74, 6) is 1.18. The minimum Gasteiger partial charge on any atom is -0.349 e. The molecule has 0 amide bonds. The molecule has 4 nitrogen and oxygen atoms in total. The van der Waals surface area contributed by atoms with Crippen LogP contribution in [0, 0.1) is 0 Å². The first-order valence-corrected chi connectivity index (χ1v) is 6.49. The fraction of sp³-hybridized carbons (Fsp3) is 0.692. The van der Waals surface area contributed by atoms with Gasteiger partial charge in [-0.15, -0.1) is 0 Å². The van der Waals surface area contributed by atoms with E-state index in [0.717, 1.165) is 32.5 Å². The van der Waals surface area contributed by atoms with E-state index in [9.17, 15) is 0 Å². The van der Waals surface area contributed by atoms with E-state index in [0.29, 0.717) is 0 Å². The number of aromatic nitrogens is 2. The van der Waals surface area contributed by atoms with Gasteiger partial charge in [-0.25, -0.2) is 9.97 Å². The highest BCUT2D eigenvalue weighted by Crippen LogP contribution is 2.32. The second-order valence-corrected chi connectivity index (χ2v) is 5.62. The molecule has 1 fully saturated rings. The molecule has 0 radical (unpaired) electrons. The van der Waals surface area contributed by atoms with Gasteiger partial charge in [0.1, 0.15) is 12.1 Å². The first-order valence-electron chi connectivity index (χ1n) is 6.49. The zero-order valence-electron chi connectivity index (χ0n) is 10.7. The maximum Gasteiger partial charge on any atom is 0.135 e. The van der Waals surface area contributed by atoms with E-state index >= 15 is 0 Å². The van der Waals surface area contributed by atoms with Crippen LogP contribution in [0.3, 0.4) is 0 Å². The average Bonchev–Trinajstić information content (AvgIpc) is 2.76. The fourth-order valence-corrected chi connectivity index (χ4v) is 2.95. The summed E-state index contributed by atoms with van der Waals surface area (Å²) >= 11 is 0. The lowest BCUT2D eigenvalue weighted by atomic mass is 9.99. The SMILES string of the molecule is CC1(C)CNCCN1c1ncnc2c1CCC2. The van der Waals surface area contributed by atoms with Crippen molar-refractivity contribution in [3.05, 3.63) is 17.6 Å². The standard InChI is InChI=1S/C13H20N4/c1-13(2)8-14-6-7-17(13)12-10-4-3-5-11(10)15-9-16-12/h9,14H,3-8H2,1-2H3.